The molecule has 1 aromatic heterocycles. The average molecular weight is 283 g/mol. The number of rotatable bonds is 4. The van der Waals surface area contributed by atoms with Gasteiger partial charge in [0.05, 0.1) is 0 Å². The van der Waals surface area contributed by atoms with Gasteiger partial charge in [-0.15, -0.1) is 0 Å². The highest BCUT2D eigenvalue weighted by molar-refractivity contribution is 5.75. The molecule has 106 valence electrons. The van der Waals surface area contributed by atoms with Crippen LogP contribution < -0.4 is 16.0 Å². The number of benzene rings is 1. The van der Waals surface area contributed by atoms with Crippen LogP contribution in [0.1, 0.15) is 11.3 Å². The fourth-order valence-corrected chi connectivity index (χ4v) is 1.94. The topological polar surface area (TPSA) is 109 Å². The molecule has 2 aromatic rings. The summed E-state index contributed by atoms with van der Waals surface area (Å²) in [4.78, 5) is 25.1. The highest BCUT2D eigenvalue weighted by atomic mass is 16.5. The Hall–Kier alpha value is -3.07. The number of H-pyrrole nitrogens is 1. The number of hydrogen-bond donors (Lipinski definition) is 2. The first-order valence-corrected chi connectivity index (χ1v) is 6.17. The second-order valence-corrected chi connectivity index (χ2v) is 4.46. The molecule has 0 radical (unpaired) electrons. The van der Waals surface area contributed by atoms with Gasteiger partial charge in [-0.3, -0.25) is 9.59 Å². The molecule has 0 aliphatic rings. The van der Waals surface area contributed by atoms with Gasteiger partial charge in [0.25, 0.3) is 11.5 Å². The smallest absolute Gasteiger partial charge is 0.266 e. The fraction of sp³-hybridized carbons (Fsp3) is 0.133. The first-order chi connectivity index (χ1) is 10.0. The number of nitrogens with two attached hydrogens (primary N) is 1. The van der Waals surface area contributed by atoms with Crippen molar-refractivity contribution < 1.29 is 9.53 Å². The first kappa shape index (κ1) is 14.3. The molecule has 3 N–H and O–H groups in total. The third kappa shape index (κ3) is 3.28. The lowest BCUT2D eigenvalue weighted by atomic mass is 10.0. The van der Waals surface area contributed by atoms with Crippen molar-refractivity contribution in [2.45, 2.75) is 6.92 Å². The monoisotopic (exact) mass is 283 g/mol. The summed E-state index contributed by atoms with van der Waals surface area (Å²) in [6.45, 7) is 1.50. The van der Waals surface area contributed by atoms with Crippen LogP contribution in [0.4, 0.5) is 0 Å². The SMILES string of the molecule is Cc1cc(-c2cccc(OCC(N)=O)c2)c(C#N)c(=O)[nH]1. The number of nitriles is 1. The van der Waals surface area contributed by atoms with Gasteiger partial charge in [0, 0.05) is 11.3 Å². The van der Waals surface area contributed by atoms with Gasteiger partial charge in [-0.1, -0.05) is 12.1 Å². The molecule has 21 heavy (non-hydrogen) atoms. The molecule has 0 fully saturated rings. The number of carbonyl (C=O) groups is 1. The minimum absolute atomic E-state index is 0.0349. The molecule has 0 aliphatic heterocycles. The van der Waals surface area contributed by atoms with Crippen LogP contribution in [0.3, 0.4) is 0 Å². The van der Waals surface area contributed by atoms with E-state index < -0.39 is 11.5 Å². The van der Waals surface area contributed by atoms with Gasteiger partial charge in [-0.25, -0.2) is 0 Å². The quantitative estimate of drug-likeness (QED) is 0.875. The lowest BCUT2D eigenvalue weighted by molar-refractivity contribution is -0.119. The van der Waals surface area contributed by atoms with Crippen LogP contribution in [0, 0.1) is 18.3 Å². The van der Waals surface area contributed by atoms with Crippen molar-refractivity contribution in [1.29, 1.82) is 5.26 Å². The lowest BCUT2D eigenvalue weighted by Gasteiger charge is -2.08. The van der Waals surface area contributed by atoms with E-state index in [1.54, 1.807) is 37.3 Å². The van der Waals surface area contributed by atoms with Crippen molar-refractivity contribution in [2.75, 3.05) is 6.61 Å². The molecule has 0 unspecified atom stereocenters. The van der Waals surface area contributed by atoms with Crippen LogP contribution in [0.15, 0.2) is 35.1 Å². The maximum absolute atomic E-state index is 11.8. The summed E-state index contributed by atoms with van der Waals surface area (Å²) in [6.07, 6.45) is 0. The highest BCUT2D eigenvalue weighted by Gasteiger charge is 2.11. The Morgan fingerprint density at radius 1 is 1.43 bits per heavy atom. The van der Waals surface area contributed by atoms with Gasteiger partial charge in [-0.05, 0) is 30.7 Å². The summed E-state index contributed by atoms with van der Waals surface area (Å²) < 4.78 is 5.22. The Morgan fingerprint density at radius 3 is 2.86 bits per heavy atom. The Morgan fingerprint density at radius 2 is 2.19 bits per heavy atom. The number of pyridine rings is 1. The molecule has 1 heterocycles. The lowest BCUT2D eigenvalue weighted by Crippen LogP contribution is -2.20. The molecule has 0 aliphatic carbocycles. The van der Waals surface area contributed by atoms with Gasteiger partial charge < -0.3 is 15.5 Å². The van der Waals surface area contributed by atoms with Gasteiger partial charge in [0.1, 0.15) is 17.4 Å². The zero-order valence-corrected chi connectivity index (χ0v) is 11.3. The molecule has 2 rings (SSSR count). The fourth-order valence-electron chi connectivity index (χ4n) is 1.94. The second kappa shape index (κ2) is 5.92. The predicted octanol–water partition coefficient (Wildman–Crippen LogP) is 1.09. The van der Waals surface area contributed by atoms with Crippen LogP contribution in [-0.4, -0.2) is 17.5 Å². The largest absolute Gasteiger partial charge is 0.484 e. The minimum atomic E-state index is -0.579. The normalized spacial score (nSPS) is 9.90. The number of ether oxygens (including phenoxy) is 1. The zero-order chi connectivity index (χ0) is 15.4. The van der Waals surface area contributed by atoms with Gasteiger partial charge in [0.2, 0.25) is 0 Å². The van der Waals surface area contributed by atoms with E-state index in [9.17, 15) is 9.59 Å². The molecular formula is C15H13N3O3. The molecule has 0 saturated carbocycles. The minimum Gasteiger partial charge on any atom is -0.484 e. The number of aryl methyl sites for hydroxylation is 1. The van der Waals surface area contributed by atoms with Crippen molar-refractivity contribution in [3.8, 4) is 22.9 Å². The summed E-state index contributed by atoms with van der Waals surface area (Å²) in [7, 11) is 0. The molecule has 1 aromatic carbocycles. The summed E-state index contributed by atoms with van der Waals surface area (Å²) in [5.74, 6) is -0.141. The number of nitrogens with zero attached hydrogens (tertiary/aromatic N) is 1. The van der Waals surface area contributed by atoms with Crippen molar-refractivity contribution in [1.82, 2.24) is 4.98 Å². The zero-order valence-electron chi connectivity index (χ0n) is 11.3. The number of carbonyl (C=O) groups excluding carboxylic acids is 1. The number of aromatic amines is 1. The summed E-state index contributed by atoms with van der Waals surface area (Å²) in [5.41, 5.74) is 6.45. The second-order valence-electron chi connectivity index (χ2n) is 4.46. The number of aromatic nitrogens is 1. The van der Waals surface area contributed by atoms with Gasteiger partial charge in [-0.2, -0.15) is 5.26 Å². The van der Waals surface area contributed by atoms with Gasteiger partial charge >= 0.3 is 0 Å². The summed E-state index contributed by atoms with van der Waals surface area (Å²) >= 11 is 0. The molecule has 0 atom stereocenters. The van der Waals surface area contributed by atoms with Crippen LogP contribution >= 0.6 is 0 Å². The van der Waals surface area contributed by atoms with E-state index in [-0.39, 0.29) is 12.2 Å². The predicted molar refractivity (Wildman–Crippen MR) is 76.6 cm³/mol. The Balaban J connectivity index is 2.48. The third-order valence-electron chi connectivity index (χ3n) is 2.81. The van der Waals surface area contributed by atoms with Crippen molar-refractivity contribution >= 4 is 5.91 Å². The Kier molecular flexibility index (Phi) is 4.05. The number of primary amides is 1. The molecule has 1 amide bonds. The molecular weight excluding hydrogens is 270 g/mol. The number of amides is 1. The van der Waals surface area contributed by atoms with Crippen LogP contribution in [0.5, 0.6) is 5.75 Å². The summed E-state index contributed by atoms with van der Waals surface area (Å²) in [6, 6.07) is 10.4. The maximum Gasteiger partial charge on any atom is 0.266 e. The number of nitrogens with one attached hydrogen (secondary N) is 1. The molecule has 0 saturated heterocycles. The Labute approximate surface area is 120 Å². The number of hydrogen-bond acceptors (Lipinski definition) is 4. The van der Waals surface area contributed by atoms with E-state index in [4.69, 9.17) is 15.7 Å². The van der Waals surface area contributed by atoms with E-state index in [0.29, 0.717) is 22.6 Å². The third-order valence-corrected chi connectivity index (χ3v) is 2.81. The van der Waals surface area contributed by atoms with E-state index in [0.717, 1.165) is 0 Å². The average Bonchev–Trinajstić information content (AvgIpc) is 2.44. The Bertz CT molecular complexity index is 787. The van der Waals surface area contributed by atoms with E-state index >= 15 is 0 Å². The summed E-state index contributed by atoms with van der Waals surface area (Å²) in [5, 5.41) is 9.13. The standard InChI is InChI=1S/C15H13N3O3/c1-9-5-12(13(7-16)15(20)18-9)10-3-2-4-11(6-10)21-8-14(17)19/h2-6H,8H2,1H3,(H2,17,19)(H,18,20). The van der Waals surface area contributed by atoms with Crippen LogP contribution in [0.25, 0.3) is 11.1 Å². The maximum atomic E-state index is 11.8. The van der Waals surface area contributed by atoms with E-state index in [2.05, 4.69) is 4.98 Å². The van der Waals surface area contributed by atoms with Crippen molar-refractivity contribution in [3.05, 3.63) is 51.9 Å². The van der Waals surface area contributed by atoms with E-state index in [1.807, 2.05) is 6.07 Å². The van der Waals surface area contributed by atoms with Gasteiger partial charge in [0.15, 0.2) is 6.61 Å². The molecule has 0 bridgehead atoms. The molecule has 6 heteroatoms. The molecule has 0 spiro atoms. The first-order valence-electron chi connectivity index (χ1n) is 6.17. The van der Waals surface area contributed by atoms with Crippen LogP contribution in [-0.2, 0) is 4.79 Å². The highest BCUT2D eigenvalue weighted by Crippen LogP contribution is 2.25. The van der Waals surface area contributed by atoms with Crippen LogP contribution in [0.2, 0.25) is 0 Å². The van der Waals surface area contributed by atoms with Crippen molar-refractivity contribution in [2.24, 2.45) is 5.73 Å². The van der Waals surface area contributed by atoms with Crippen molar-refractivity contribution in [3.63, 3.8) is 0 Å². The molecule has 6 nitrogen and oxygen atoms in total. The van der Waals surface area contributed by atoms with E-state index in [1.165, 1.54) is 0 Å².